The number of hydrogen-bond acceptors (Lipinski definition) is 4. The molecule has 0 radical (unpaired) electrons. The van der Waals surface area contributed by atoms with Crippen molar-refractivity contribution < 1.29 is 9.53 Å². The topological polar surface area (TPSA) is 68.5 Å². The molecule has 0 aliphatic carbocycles. The van der Waals surface area contributed by atoms with Gasteiger partial charge in [-0.1, -0.05) is 12.1 Å². The van der Waals surface area contributed by atoms with Gasteiger partial charge in [-0.2, -0.15) is 10.2 Å². The Bertz CT molecular complexity index is 986. The fourth-order valence-electron chi connectivity index (χ4n) is 2.87. The molecule has 0 saturated carbocycles. The van der Waals surface area contributed by atoms with E-state index in [1.165, 1.54) is 0 Å². The molecule has 28 heavy (non-hydrogen) atoms. The summed E-state index contributed by atoms with van der Waals surface area (Å²) in [6.45, 7) is 6.53. The highest BCUT2D eigenvalue weighted by atomic mass is 16.5. The maximum absolute atomic E-state index is 12.4. The van der Waals surface area contributed by atoms with Crippen molar-refractivity contribution in [1.29, 1.82) is 0 Å². The highest BCUT2D eigenvalue weighted by molar-refractivity contribution is 6.00. The van der Waals surface area contributed by atoms with Gasteiger partial charge >= 0.3 is 0 Å². The lowest BCUT2D eigenvalue weighted by atomic mass is 10.1. The highest BCUT2D eigenvalue weighted by Gasteiger charge is 2.07. The number of aryl methyl sites for hydroxylation is 2. The molecule has 3 rings (SSSR count). The molecule has 0 aliphatic heterocycles. The fraction of sp³-hybridized carbons (Fsp3) is 0.227. The first kappa shape index (κ1) is 19.4. The summed E-state index contributed by atoms with van der Waals surface area (Å²) >= 11 is 0. The van der Waals surface area contributed by atoms with E-state index in [2.05, 4.69) is 15.6 Å². The van der Waals surface area contributed by atoms with Gasteiger partial charge in [0.1, 0.15) is 5.75 Å². The third kappa shape index (κ3) is 4.65. The maximum atomic E-state index is 12.4. The molecule has 3 aromatic rings. The van der Waals surface area contributed by atoms with Crippen LogP contribution in [0, 0.1) is 13.8 Å². The third-order valence-electron chi connectivity index (χ3n) is 4.48. The number of hydrazone groups is 1. The largest absolute Gasteiger partial charge is 0.497 e. The molecule has 0 spiro atoms. The van der Waals surface area contributed by atoms with Gasteiger partial charge in [0.15, 0.2) is 0 Å². The van der Waals surface area contributed by atoms with Crippen molar-refractivity contribution in [3.8, 4) is 5.75 Å². The molecule has 0 saturated heterocycles. The quantitative estimate of drug-likeness (QED) is 0.527. The highest BCUT2D eigenvalue weighted by Crippen LogP contribution is 2.12. The van der Waals surface area contributed by atoms with E-state index in [-0.39, 0.29) is 5.91 Å². The molecule has 0 bridgehead atoms. The molecule has 0 atom stereocenters. The Morgan fingerprint density at radius 2 is 1.71 bits per heavy atom. The summed E-state index contributed by atoms with van der Waals surface area (Å²) in [5.41, 5.74) is 8.00. The summed E-state index contributed by atoms with van der Waals surface area (Å²) < 4.78 is 7.10. The van der Waals surface area contributed by atoms with Crippen LogP contribution in [0.15, 0.2) is 59.7 Å². The van der Waals surface area contributed by atoms with Crippen molar-refractivity contribution in [3.05, 3.63) is 82.7 Å². The van der Waals surface area contributed by atoms with E-state index in [9.17, 15) is 4.79 Å². The molecular weight excluding hydrogens is 352 g/mol. The van der Waals surface area contributed by atoms with E-state index in [0.29, 0.717) is 12.1 Å². The number of ether oxygens (including phenoxy) is 1. The summed E-state index contributed by atoms with van der Waals surface area (Å²) in [6.07, 6.45) is 0. The van der Waals surface area contributed by atoms with Crippen molar-refractivity contribution in [1.82, 2.24) is 15.2 Å². The van der Waals surface area contributed by atoms with Gasteiger partial charge in [0.2, 0.25) is 0 Å². The van der Waals surface area contributed by atoms with Gasteiger partial charge in [0.25, 0.3) is 5.91 Å². The number of nitrogens with one attached hydrogen (secondary N) is 1. The minimum absolute atomic E-state index is 0.245. The van der Waals surface area contributed by atoms with E-state index in [1.54, 1.807) is 19.2 Å². The van der Waals surface area contributed by atoms with Crippen LogP contribution in [0.3, 0.4) is 0 Å². The van der Waals surface area contributed by atoms with Crippen LogP contribution in [0.4, 0.5) is 0 Å². The zero-order valence-corrected chi connectivity index (χ0v) is 16.6. The standard InChI is InChI=1S/C22H24N4O2/c1-15-13-16(2)26(25-15)14-18-5-7-20(8-6-18)22(27)24-23-17(3)19-9-11-21(28-4)12-10-19/h5-13H,14H2,1-4H3,(H,24,27)/b23-17-. The van der Waals surface area contributed by atoms with Crippen LogP contribution >= 0.6 is 0 Å². The van der Waals surface area contributed by atoms with Crippen molar-refractivity contribution in [2.45, 2.75) is 27.3 Å². The molecular formula is C22H24N4O2. The molecule has 0 fully saturated rings. The molecule has 1 aromatic heterocycles. The van der Waals surface area contributed by atoms with E-state index in [4.69, 9.17) is 4.74 Å². The van der Waals surface area contributed by atoms with Gasteiger partial charge in [0.05, 0.1) is 25.1 Å². The van der Waals surface area contributed by atoms with Crippen molar-refractivity contribution in [3.63, 3.8) is 0 Å². The summed E-state index contributed by atoms with van der Waals surface area (Å²) in [7, 11) is 1.62. The third-order valence-corrected chi connectivity index (χ3v) is 4.48. The van der Waals surface area contributed by atoms with Crippen LogP contribution in [0.1, 0.15) is 39.8 Å². The minimum atomic E-state index is -0.245. The van der Waals surface area contributed by atoms with Crippen LogP contribution in [0.2, 0.25) is 0 Å². The first-order valence-corrected chi connectivity index (χ1v) is 9.05. The van der Waals surface area contributed by atoms with Gasteiger partial charge in [0, 0.05) is 11.3 Å². The number of carbonyl (C=O) groups is 1. The number of carbonyl (C=O) groups excluding carboxylic acids is 1. The lowest BCUT2D eigenvalue weighted by molar-refractivity contribution is 0.0955. The van der Waals surface area contributed by atoms with Crippen molar-refractivity contribution in [2.75, 3.05) is 7.11 Å². The van der Waals surface area contributed by atoms with Gasteiger partial charge in [-0.05, 0) is 74.4 Å². The average molecular weight is 376 g/mol. The monoisotopic (exact) mass is 376 g/mol. The molecule has 0 aliphatic rings. The number of benzene rings is 2. The van der Waals surface area contributed by atoms with Crippen LogP contribution in [-0.4, -0.2) is 28.5 Å². The van der Waals surface area contributed by atoms with E-state index >= 15 is 0 Å². The Morgan fingerprint density at radius 3 is 2.29 bits per heavy atom. The zero-order valence-electron chi connectivity index (χ0n) is 16.6. The molecule has 1 N–H and O–H groups in total. The predicted molar refractivity (Wildman–Crippen MR) is 110 cm³/mol. The van der Waals surface area contributed by atoms with Crippen molar-refractivity contribution >= 4 is 11.6 Å². The molecule has 2 aromatic carbocycles. The Balaban J connectivity index is 1.63. The van der Waals surface area contributed by atoms with Gasteiger partial charge in [-0.3, -0.25) is 9.48 Å². The summed E-state index contributed by atoms with van der Waals surface area (Å²) in [4.78, 5) is 12.4. The molecule has 1 heterocycles. The molecule has 0 unspecified atom stereocenters. The first-order valence-electron chi connectivity index (χ1n) is 9.05. The number of aromatic nitrogens is 2. The Labute approximate surface area is 164 Å². The van der Waals surface area contributed by atoms with Crippen molar-refractivity contribution in [2.24, 2.45) is 5.10 Å². The van der Waals surface area contributed by atoms with Gasteiger partial charge in [-0.15, -0.1) is 0 Å². The van der Waals surface area contributed by atoms with Crippen LogP contribution in [0.25, 0.3) is 0 Å². The predicted octanol–water partition coefficient (Wildman–Crippen LogP) is 3.71. The average Bonchev–Trinajstić information content (AvgIpc) is 3.03. The lowest BCUT2D eigenvalue weighted by Gasteiger charge is -2.07. The summed E-state index contributed by atoms with van der Waals surface area (Å²) in [5.74, 6) is 0.534. The molecule has 1 amide bonds. The van der Waals surface area contributed by atoms with Crippen LogP contribution < -0.4 is 10.2 Å². The first-order chi connectivity index (χ1) is 13.5. The maximum Gasteiger partial charge on any atom is 0.271 e. The Kier molecular flexibility index (Phi) is 5.89. The van der Waals surface area contributed by atoms with E-state index < -0.39 is 0 Å². The fourth-order valence-corrected chi connectivity index (χ4v) is 2.87. The lowest BCUT2D eigenvalue weighted by Crippen LogP contribution is -2.19. The number of rotatable bonds is 6. The van der Waals surface area contributed by atoms with E-state index in [0.717, 1.165) is 34.0 Å². The molecule has 144 valence electrons. The SMILES string of the molecule is COc1ccc(/C(C)=N\NC(=O)c2ccc(Cn3nc(C)cc3C)cc2)cc1. The van der Waals surface area contributed by atoms with Gasteiger partial charge in [-0.25, -0.2) is 5.43 Å². The normalized spacial score (nSPS) is 11.4. The van der Waals surface area contributed by atoms with Crippen LogP contribution in [-0.2, 0) is 6.54 Å². The second-order valence-corrected chi connectivity index (χ2v) is 6.65. The number of nitrogens with zero attached hydrogens (tertiary/aromatic N) is 3. The smallest absolute Gasteiger partial charge is 0.271 e. The Morgan fingerprint density at radius 1 is 1.07 bits per heavy atom. The number of hydrogen-bond donors (Lipinski definition) is 1. The molecule has 6 nitrogen and oxygen atoms in total. The zero-order chi connectivity index (χ0) is 20.1. The Hall–Kier alpha value is -3.41. The number of amides is 1. The number of methoxy groups -OCH3 is 1. The van der Waals surface area contributed by atoms with Gasteiger partial charge < -0.3 is 4.74 Å². The van der Waals surface area contributed by atoms with E-state index in [1.807, 2.05) is 67.9 Å². The second-order valence-electron chi connectivity index (χ2n) is 6.65. The summed E-state index contributed by atoms with van der Waals surface area (Å²) in [5, 5.41) is 8.66. The van der Waals surface area contributed by atoms with Crippen LogP contribution in [0.5, 0.6) is 5.75 Å². The second kappa shape index (κ2) is 8.52. The summed E-state index contributed by atoms with van der Waals surface area (Å²) in [6, 6.07) is 17.0. The minimum Gasteiger partial charge on any atom is -0.497 e. The molecule has 6 heteroatoms.